The van der Waals surface area contributed by atoms with Crippen molar-refractivity contribution < 1.29 is 23.1 Å². The third-order valence-electron chi connectivity index (χ3n) is 3.79. The first-order chi connectivity index (χ1) is 10.5. The van der Waals surface area contributed by atoms with Crippen LogP contribution in [0.4, 0.5) is 13.2 Å². The molecule has 1 aromatic rings. The lowest BCUT2D eigenvalue weighted by molar-refractivity contribution is -0.303. The molecule has 2 heterocycles. The molecule has 128 valence electrons. The summed E-state index contributed by atoms with van der Waals surface area (Å²) >= 11 is 6.03. The highest BCUT2D eigenvalue weighted by molar-refractivity contribution is 6.31. The summed E-state index contributed by atoms with van der Waals surface area (Å²) in [4.78, 5) is 12.6. The summed E-state index contributed by atoms with van der Waals surface area (Å²) in [7, 11) is 0. The average molecular weight is 353 g/mol. The SMILES string of the molecule is CC[C@@H](C(=O)N1N=CC[C@]1(O)C(F)(F)F)n1nc(C)c(Cl)c1C. The molecule has 0 saturated carbocycles. The standard InChI is InChI=1S/C13H16ClF3N4O2/c1-4-9(20-8(3)10(14)7(2)19-20)11(22)21-12(23,5-6-18-21)13(15,16)17/h6,9,23H,4-5H2,1-3H3/t9-,12-/m0/s1. The Morgan fingerprint density at radius 2 is 2.13 bits per heavy atom. The van der Waals surface area contributed by atoms with Gasteiger partial charge < -0.3 is 5.11 Å². The van der Waals surface area contributed by atoms with Gasteiger partial charge in [0.05, 0.1) is 16.4 Å². The summed E-state index contributed by atoms with van der Waals surface area (Å²) in [6.45, 7) is 4.87. The second kappa shape index (κ2) is 5.79. The number of aryl methyl sites for hydroxylation is 1. The van der Waals surface area contributed by atoms with Gasteiger partial charge in [-0.1, -0.05) is 18.5 Å². The van der Waals surface area contributed by atoms with Gasteiger partial charge in [0.15, 0.2) is 0 Å². The lowest BCUT2D eigenvalue weighted by Gasteiger charge is -2.34. The largest absolute Gasteiger partial charge is 0.438 e. The van der Waals surface area contributed by atoms with Crippen LogP contribution in [0, 0.1) is 13.8 Å². The number of alkyl halides is 3. The van der Waals surface area contributed by atoms with Crippen LogP contribution in [-0.2, 0) is 4.79 Å². The molecule has 1 aliphatic rings. The summed E-state index contributed by atoms with van der Waals surface area (Å²) in [6, 6.07) is -1.05. The van der Waals surface area contributed by atoms with Gasteiger partial charge >= 0.3 is 6.18 Å². The topological polar surface area (TPSA) is 70.7 Å². The van der Waals surface area contributed by atoms with E-state index in [2.05, 4.69) is 10.2 Å². The van der Waals surface area contributed by atoms with E-state index in [1.54, 1.807) is 20.8 Å². The molecule has 10 heteroatoms. The van der Waals surface area contributed by atoms with Crippen LogP contribution in [-0.4, -0.2) is 43.9 Å². The average Bonchev–Trinajstić information content (AvgIpc) is 2.97. The fourth-order valence-electron chi connectivity index (χ4n) is 2.45. The molecule has 1 N–H and O–H groups in total. The van der Waals surface area contributed by atoms with Crippen molar-refractivity contribution in [3.8, 4) is 0 Å². The van der Waals surface area contributed by atoms with Crippen molar-refractivity contribution in [2.75, 3.05) is 0 Å². The molecular formula is C13H16ClF3N4O2. The molecule has 1 amide bonds. The van der Waals surface area contributed by atoms with E-state index < -0.39 is 30.3 Å². The van der Waals surface area contributed by atoms with Crippen LogP contribution >= 0.6 is 11.6 Å². The quantitative estimate of drug-likeness (QED) is 0.908. The molecule has 0 aliphatic carbocycles. The van der Waals surface area contributed by atoms with E-state index in [-0.39, 0.29) is 11.4 Å². The van der Waals surface area contributed by atoms with E-state index in [0.29, 0.717) is 16.4 Å². The highest BCUT2D eigenvalue weighted by atomic mass is 35.5. The Bertz CT molecular complexity index is 658. The van der Waals surface area contributed by atoms with Crippen molar-refractivity contribution in [2.45, 2.75) is 51.6 Å². The van der Waals surface area contributed by atoms with E-state index in [4.69, 9.17) is 11.6 Å². The van der Waals surface area contributed by atoms with Crippen LogP contribution < -0.4 is 0 Å². The zero-order valence-corrected chi connectivity index (χ0v) is 13.5. The highest BCUT2D eigenvalue weighted by Crippen LogP contribution is 2.40. The summed E-state index contributed by atoms with van der Waals surface area (Å²) < 4.78 is 40.6. The minimum atomic E-state index is -5.02. The molecule has 2 rings (SSSR count). The van der Waals surface area contributed by atoms with E-state index >= 15 is 0 Å². The lowest BCUT2D eigenvalue weighted by Crippen LogP contribution is -2.57. The number of rotatable bonds is 3. The van der Waals surface area contributed by atoms with E-state index in [1.807, 2.05) is 0 Å². The number of hydrogen-bond donors (Lipinski definition) is 1. The molecule has 6 nitrogen and oxygen atoms in total. The summed E-state index contributed by atoms with van der Waals surface area (Å²) in [5, 5.41) is 17.8. The minimum Gasteiger partial charge on any atom is -0.362 e. The van der Waals surface area contributed by atoms with Crippen LogP contribution in [0.15, 0.2) is 5.10 Å². The molecule has 0 spiro atoms. The van der Waals surface area contributed by atoms with Crippen molar-refractivity contribution >= 4 is 23.7 Å². The number of hydrazone groups is 1. The number of nitrogens with zero attached hydrogens (tertiary/aromatic N) is 4. The van der Waals surface area contributed by atoms with Crippen LogP contribution in [0.25, 0.3) is 0 Å². The number of carbonyl (C=O) groups is 1. The summed E-state index contributed by atoms with van der Waals surface area (Å²) in [5.74, 6) is -0.997. The van der Waals surface area contributed by atoms with Crippen LogP contribution in [0.1, 0.15) is 37.2 Å². The van der Waals surface area contributed by atoms with Crippen LogP contribution in [0.2, 0.25) is 5.02 Å². The first kappa shape index (κ1) is 17.7. The third kappa shape index (κ3) is 2.72. The maximum absolute atomic E-state index is 13.1. The fourth-order valence-corrected chi connectivity index (χ4v) is 2.57. The first-order valence-corrected chi connectivity index (χ1v) is 7.29. The van der Waals surface area contributed by atoms with Gasteiger partial charge in [0.25, 0.3) is 11.6 Å². The molecule has 0 fully saturated rings. The maximum atomic E-state index is 13.1. The van der Waals surface area contributed by atoms with Gasteiger partial charge in [-0.15, -0.1) is 0 Å². The molecule has 0 bridgehead atoms. The Morgan fingerprint density at radius 1 is 1.52 bits per heavy atom. The van der Waals surface area contributed by atoms with E-state index in [0.717, 1.165) is 6.21 Å². The molecule has 0 aromatic carbocycles. The molecule has 1 aromatic heterocycles. The molecule has 0 radical (unpaired) electrons. The number of halogens is 4. The highest BCUT2D eigenvalue weighted by Gasteiger charge is 2.62. The van der Waals surface area contributed by atoms with Gasteiger partial charge in [-0.25, -0.2) is 0 Å². The predicted molar refractivity (Wildman–Crippen MR) is 77.0 cm³/mol. The lowest BCUT2D eigenvalue weighted by atomic mass is 10.1. The molecule has 2 atom stereocenters. The summed E-state index contributed by atoms with van der Waals surface area (Å²) in [6.07, 6.45) is -4.80. The van der Waals surface area contributed by atoms with Crippen molar-refractivity contribution in [3.05, 3.63) is 16.4 Å². The first-order valence-electron chi connectivity index (χ1n) is 6.91. The maximum Gasteiger partial charge on any atom is 0.438 e. The third-order valence-corrected chi connectivity index (χ3v) is 4.34. The van der Waals surface area contributed by atoms with Gasteiger partial charge in [0, 0.05) is 12.6 Å². The Morgan fingerprint density at radius 3 is 2.57 bits per heavy atom. The Balaban J connectivity index is 2.41. The van der Waals surface area contributed by atoms with Crippen molar-refractivity contribution in [1.29, 1.82) is 0 Å². The molecule has 23 heavy (non-hydrogen) atoms. The zero-order chi connectivity index (χ0) is 17.6. The van der Waals surface area contributed by atoms with E-state index in [1.165, 1.54) is 4.68 Å². The van der Waals surface area contributed by atoms with Gasteiger partial charge in [0.2, 0.25) is 0 Å². The second-order valence-electron chi connectivity index (χ2n) is 5.32. The number of hydrogen-bond acceptors (Lipinski definition) is 4. The fraction of sp³-hybridized carbons (Fsp3) is 0.615. The smallest absolute Gasteiger partial charge is 0.362 e. The Kier molecular flexibility index (Phi) is 4.46. The van der Waals surface area contributed by atoms with Crippen LogP contribution in [0.3, 0.4) is 0 Å². The predicted octanol–water partition coefficient (Wildman–Crippen LogP) is 2.57. The van der Waals surface area contributed by atoms with Gasteiger partial charge in [0.1, 0.15) is 6.04 Å². The zero-order valence-electron chi connectivity index (χ0n) is 12.7. The monoisotopic (exact) mass is 352 g/mol. The number of aromatic nitrogens is 2. The van der Waals surface area contributed by atoms with E-state index in [9.17, 15) is 23.1 Å². The van der Waals surface area contributed by atoms with Gasteiger partial charge in [-0.3, -0.25) is 9.48 Å². The van der Waals surface area contributed by atoms with Crippen molar-refractivity contribution in [3.63, 3.8) is 0 Å². The number of carbonyl (C=O) groups excluding carboxylic acids is 1. The van der Waals surface area contributed by atoms with Gasteiger partial charge in [-0.05, 0) is 20.3 Å². The Labute approximate surface area is 135 Å². The molecule has 0 saturated heterocycles. The molecular weight excluding hydrogens is 337 g/mol. The van der Waals surface area contributed by atoms with Crippen molar-refractivity contribution in [1.82, 2.24) is 14.8 Å². The van der Waals surface area contributed by atoms with Gasteiger partial charge in [-0.2, -0.15) is 28.4 Å². The number of amides is 1. The summed E-state index contributed by atoms with van der Waals surface area (Å²) in [5.41, 5.74) is -2.41. The molecule has 1 aliphatic heterocycles. The Hall–Kier alpha value is -1.61. The van der Waals surface area contributed by atoms with Crippen molar-refractivity contribution in [2.24, 2.45) is 5.10 Å². The van der Waals surface area contributed by atoms with Crippen LogP contribution in [0.5, 0.6) is 0 Å². The minimum absolute atomic E-state index is 0.0888. The normalized spacial score (nSPS) is 22.7. The molecule has 0 unspecified atom stereocenters. The second-order valence-corrected chi connectivity index (χ2v) is 5.70. The number of aliphatic hydroxyl groups is 1.